The van der Waals surface area contributed by atoms with Crippen LogP contribution in [0.3, 0.4) is 0 Å². The van der Waals surface area contributed by atoms with E-state index in [0.717, 1.165) is 62.5 Å². The van der Waals surface area contributed by atoms with Crippen LogP contribution in [0.2, 0.25) is 0 Å². The molecule has 1 aromatic heterocycles. The van der Waals surface area contributed by atoms with Gasteiger partial charge in [0.1, 0.15) is 18.0 Å². The highest BCUT2D eigenvalue weighted by Gasteiger charge is 2.20. The van der Waals surface area contributed by atoms with Crippen LogP contribution in [0.1, 0.15) is 26.7 Å². The number of piperazine rings is 1. The lowest BCUT2D eigenvalue weighted by molar-refractivity contribution is -0.129. The minimum absolute atomic E-state index is 0.136. The zero-order valence-electron chi connectivity index (χ0n) is 17.3. The number of aromatic nitrogens is 2. The van der Waals surface area contributed by atoms with Gasteiger partial charge in [-0.1, -0.05) is 6.92 Å². The van der Waals surface area contributed by atoms with Crippen molar-refractivity contribution in [3.8, 4) is 0 Å². The molecule has 0 bridgehead atoms. The van der Waals surface area contributed by atoms with Gasteiger partial charge in [0, 0.05) is 63.6 Å². The molecule has 7 nitrogen and oxygen atoms in total. The van der Waals surface area contributed by atoms with Crippen molar-refractivity contribution in [1.29, 1.82) is 0 Å². The molecular weight excluding hydrogens is 364 g/mol. The SMILES string of the molecule is CC(=O)N1CCN(c2cc(Nc3ccc(N4CCC(C)CC4)cc3)ncn2)CC1. The van der Waals surface area contributed by atoms with Crippen LogP contribution in [0.4, 0.5) is 23.0 Å². The first-order chi connectivity index (χ1) is 14.1. The Hall–Kier alpha value is -2.83. The van der Waals surface area contributed by atoms with Crippen LogP contribution in [-0.2, 0) is 4.79 Å². The Morgan fingerprint density at radius 2 is 1.66 bits per heavy atom. The van der Waals surface area contributed by atoms with E-state index in [2.05, 4.69) is 56.3 Å². The monoisotopic (exact) mass is 394 g/mol. The first-order valence-electron chi connectivity index (χ1n) is 10.5. The Bertz CT molecular complexity index is 823. The summed E-state index contributed by atoms with van der Waals surface area (Å²) in [5.41, 5.74) is 2.30. The predicted octanol–water partition coefficient (Wildman–Crippen LogP) is 3.13. The number of anilines is 4. The van der Waals surface area contributed by atoms with Crippen LogP contribution >= 0.6 is 0 Å². The topological polar surface area (TPSA) is 64.6 Å². The van der Waals surface area contributed by atoms with Gasteiger partial charge in [0.2, 0.25) is 5.91 Å². The third kappa shape index (κ3) is 4.78. The Morgan fingerprint density at radius 3 is 2.31 bits per heavy atom. The average molecular weight is 395 g/mol. The maximum absolute atomic E-state index is 11.5. The van der Waals surface area contributed by atoms with Gasteiger partial charge in [-0.3, -0.25) is 4.79 Å². The van der Waals surface area contributed by atoms with Crippen molar-refractivity contribution in [2.24, 2.45) is 5.92 Å². The number of nitrogens with zero attached hydrogens (tertiary/aromatic N) is 5. The third-order valence-electron chi connectivity index (χ3n) is 5.99. The van der Waals surface area contributed by atoms with Crippen LogP contribution in [0.5, 0.6) is 0 Å². The summed E-state index contributed by atoms with van der Waals surface area (Å²) in [7, 11) is 0. The molecule has 2 aliphatic heterocycles. The largest absolute Gasteiger partial charge is 0.372 e. The van der Waals surface area contributed by atoms with Gasteiger partial charge in [-0.05, 0) is 43.0 Å². The van der Waals surface area contributed by atoms with Crippen molar-refractivity contribution in [1.82, 2.24) is 14.9 Å². The van der Waals surface area contributed by atoms with E-state index in [1.165, 1.54) is 18.5 Å². The Balaban J connectivity index is 1.37. The van der Waals surface area contributed by atoms with Crippen molar-refractivity contribution in [2.45, 2.75) is 26.7 Å². The molecule has 3 heterocycles. The molecule has 2 fully saturated rings. The molecule has 0 radical (unpaired) electrons. The van der Waals surface area contributed by atoms with Gasteiger partial charge in [-0.2, -0.15) is 0 Å². The predicted molar refractivity (Wildman–Crippen MR) is 117 cm³/mol. The highest BCUT2D eigenvalue weighted by atomic mass is 16.2. The molecule has 2 aromatic rings. The second-order valence-corrected chi connectivity index (χ2v) is 8.10. The highest BCUT2D eigenvalue weighted by Crippen LogP contribution is 2.26. The minimum atomic E-state index is 0.136. The molecule has 2 aliphatic rings. The van der Waals surface area contributed by atoms with E-state index >= 15 is 0 Å². The summed E-state index contributed by atoms with van der Waals surface area (Å²) < 4.78 is 0. The van der Waals surface area contributed by atoms with Crippen LogP contribution in [-0.4, -0.2) is 60.0 Å². The molecule has 1 N–H and O–H groups in total. The van der Waals surface area contributed by atoms with E-state index in [9.17, 15) is 4.79 Å². The number of nitrogens with one attached hydrogen (secondary N) is 1. The lowest BCUT2D eigenvalue weighted by Gasteiger charge is -2.34. The van der Waals surface area contributed by atoms with Gasteiger partial charge in [0.05, 0.1) is 0 Å². The lowest BCUT2D eigenvalue weighted by atomic mass is 9.99. The lowest BCUT2D eigenvalue weighted by Crippen LogP contribution is -2.48. The second kappa shape index (κ2) is 8.68. The smallest absolute Gasteiger partial charge is 0.219 e. The maximum Gasteiger partial charge on any atom is 0.219 e. The summed E-state index contributed by atoms with van der Waals surface area (Å²) in [5.74, 6) is 2.65. The molecule has 0 unspecified atom stereocenters. The van der Waals surface area contributed by atoms with E-state index in [-0.39, 0.29) is 5.91 Å². The van der Waals surface area contributed by atoms with Gasteiger partial charge in [-0.15, -0.1) is 0 Å². The normalized spacial score (nSPS) is 18.1. The number of piperidine rings is 1. The molecule has 0 saturated carbocycles. The molecule has 1 aromatic carbocycles. The van der Waals surface area contributed by atoms with Gasteiger partial charge < -0.3 is 20.0 Å². The molecule has 2 saturated heterocycles. The molecule has 0 spiro atoms. The quantitative estimate of drug-likeness (QED) is 0.860. The minimum Gasteiger partial charge on any atom is -0.372 e. The molecular formula is C22H30N6O. The molecule has 29 heavy (non-hydrogen) atoms. The van der Waals surface area contributed by atoms with E-state index < -0.39 is 0 Å². The molecule has 0 aliphatic carbocycles. The first-order valence-corrected chi connectivity index (χ1v) is 10.5. The van der Waals surface area contributed by atoms with E-state index in [1.54, 1.807) is 13.3 Å². The van der Waals surface area contributed by atoms with Crippen LogP contribution in [0, 0.1) is 5.92 Å². The van der Waals surface area contributed by atoms with Crippen LogP contribution in [0.25, 0.3) is 0 Å². The number of benzene rings is 1. The van der Waals surface area contributed by atoms with Crippen molar-refractivity contribution in [2.75, 3.05) is 54.4 Å². The van der Waals surface area contributed by atoms with Gasteiger partial charge in [0.15, 0.2) is 0 Å². The van der Waals surface area contributed by atoms with Gasteiger partial charge in [0.25, 0.3) is 0 Å². The van der Waals surface area contributed by atoms with E-state index in [0.29, 0.717) is 0 Å². The summed E-state index contributed by atoms with van der Waals surface area (Å²) in [6.45, 7) is 9.29. The first kappa shape index (κ1) is 19.5. The third-order valence-corrected chi connectivity index (χ3v) is 5.99. The Morgan fingerprint density at radius 1 is 0.966 bits per heavy atom. The second-order valence-electron chi connectivity index (χ2n) is 8.10. The number of hydrogen-bond donors (Lipinski definition) is 1. The fraction of sp³-hybridized carbons (Fsp3) is 0.500. The van der Waals surface area contributed by atoms with Crippen molar-refractivity contribution < 1.29 is 4.79 Å². The zero-order chi connectivity index (χ0) is 20.2. The summed E-state index contributed by atoms with van der Waals surface area (Å²) in [4.78, 5) is 26.8. The van der Waals surface area contributed by atoms with E-state index in [1.807, 2.05) is 11.0 Å². The van der Waals surface area contributed by atoms with E-state index in [4.69, 9.17) is 0 Å². The fourth-order valence-electron chi connectivity index (χ4n) is 4.01. The molecule has 7 heteroatoms. The summed E-state index contributed by atoms with van der Waals surface area (Å²) >= 11 is 0. The maximum atomic E-state index is 11.5. The Labute approximate surface area is 172 Å². The van der Waals surface area contributed by atoms with Crippen LogP contribution < -0.4 is 15.1 Å². The molecule has 154 valence electrons. The number of amides is 1. The standard InChI is InChI=1S/C22H30N6O/c1-17-7-9-27(10-8-17)20-5-3-19(4-6-20)25-21-15-22(24-16-23-21)28-13-11-26(12-14-28)18(2)29/h3-6,15-17H,7-14H2,1-2H3,(H,23,24,25). The number of rotatable bonds is 4. The molecule has 0 atom stereocenters. The summed E-state index contributed by atoms with van der Waals surface area (Å²) in [5, 5.41) is 3.39. The average Bonchev–Trinajstić information content (AvgIpc) is 2.75. The highest BCUT2D eigenvalue weighted by molar-refractivity contribution is 5.73. The van der Waals surface area contributed by atoms with Gasteiger partial charge >= 0.3 is 0 Å². The van der Waals surface area contributed by atoms with Crippen LogP contribution in [0.15, 0.2) is 36.7 Å². The Kier molecular flexibility index (Phi) is 5.83. The molecule has 1 amide bonds. The number of hydrogen-bond acceptors (Lipinski definition) is 6. The molecule has 4 rings (SSSR count). The zero-order valence-corrected chi connectivity index (χ0v) is 17.3. The van der Waals surface area contributed by atoms with Gasteiger partial charge in [-0.25, -0.2) is 9.97 Å². The fourth-order valence-corrected chi connectivity index (χ4v) is 4.01. The number of carbonyl (C=O) groups excluding carboxylic acids is 1. The van der Waals surface area contributed by atoms with Crippen molar-refractivity contribution in [3.05, 3.63) is 36.7 Å². The summed E-state index contributed by atoms with van der Waals surface area (Å²) in [6.07, 6.45) is 4.13. The summed E-state index contributed by atoms with van der Waals surface area (Å²) in [6, 6.07) is 10.6. The van der Waals surface area contributed by atoms with Crippen molar-refractivity contribution in [3.63, 3.8) is 0 Å². The number of carbonyl (C=O) groups is 1. The van der Waals surface area contributed by atoms with Crippen molar-refractivity contribution >= 4 is 28.9 Å².